The van der Waals surface area contributed by atoms with Crippen molar-refractivity contribution in [3.8, 4) is 11.1 Å². The van der Waals surface area contributed by atoms with Gasteiger partial charge in [0.1, 0.15) is 17.5 Å². The van der Waals surface area contributed by atoms with Gasteiger partial charge in [-0.25, -0.2) is 9.59 Å². The molecule has 0 aromatic heterocycles. The molecule has 0 aliphatic heterocycles. The highest BCUT2D eigenvalue weighted by Crippen LogP contribution is 2.44. The number of benzene rings is 4. The largest absolute Gasteiger partial charge is 0.480 e. The summed E-state index contributed by atoms with van der Waals surface area (Å²) in [6.45, 7) is 0.527. The number of rotatable bonds is 12. The number of aliphatic carboxylic acids is 1. The minimum atomic E-state index is -4.40. The van der Waals surface area contributed by atoms with Crippen molar-refractivity contribution < 1.29 is 37.2 Å². The van der Waals surface area contributed by atoms with E-state index in [0.29, 0.717) is 23.0 Å². The highest BCUT2D eigenvalue weighted by molar-refractivity contribution is 7.86. The second kappa shape index (κ2) is 13.1. The first-order valence-corrected chi connectivity index (χ1v) is 15.4. The maximum absolute atomic E-state index is 12.5. The zero-order chi connectivity index (χ0) is 31.3. The Morgan fingerprint density at radius 2 is 1.45 bits per heavy atom. The van der Waals surface area contributed by atoms with Crippen molar-refractivity contribution in [1.29, 1.82) is 0 Å². The van der Waals surface area contributed by atoms with Gasteiger partial charge in [0.2, 0.25) is 5.91 Å². The van der Waals surface area contributed by atoms with Crippen LogP contribution in [0.25, 0.3) is 21.9 Å². The number of carboxylic acids is 1. The van der Waals surface area contributed by atoms with Crippen LogP contribution in [0.3, 0.4) is 0 Å². The first-order valence-electron chi connectivity index (χ1n) is 14.0. The summed E-state index contributed by atoms with van der Waals surface area (Å²) in [7, 11) is -4.40. The first-order chi connectivity index (χ1) is 21.1. The van der Waals surface area contributed by atoms with Crippen LogP contribution in [0.5, 0.6) is 0 Å². The summed E-state index contributed by atoms with van der Waals surface area (Å²) >= 11 is 0. The Kier molecular flexibility index (Phi) is 9.12. The van der Waals surface area contributed by atoms with Crippen LogP contribution in [-0.2, 0) is 24.4 Å². The van der Waals surface area contributed by atoms with Crippen LogP contribution >= 0.6 is 0 Å². The van der Waals surface area contributed by atoms with Crippen LogP contribution in [-0.4, -0.2) is 61.8 Å². The van der Waals surface area contributed by atoms with Gasteiger partial charge >= 0.3 is 12.1 Å². The Balaban J connectivity index is 1.08. The summed E-state index contributed by atoms with van der Waals surface area (Å²) in [6.07, 6.45) is -1.16. The van der Waals surface area contributed by atoms with Gasteiger partial charge in [-0.2, -0.15) is 8.42 Å². The van der Waals surface area contributed by atoms with Crippen molar-refractivity contribution in [2.45, 2.75) is 29.7 Å². The van der Waals surface area contributed by atoms with Crippen molar-refractivity contribution in [2.24, 2.45) is 0 Å². The van der Waals surface area contributed by atoms with E-state index in [9.17, 15) is 32.5 Å². The summed E-state index contributed by atoms with van der Waals surface area (Å²) in [5.41, 5.74) is 4.83. The molecular formula is C32H31N3O8S. The Morgan fingerprint density at radius 3 is 2.11 bits per heavy atom. The van der Waals surface area contributed by atoms with Gasteiger partial charge in [0.25, 0.3) is 10.1 Å². The molecule has 0 radical (unpaired) electrons. The van der Waals surface area contributed by atoms with Crippen LogP contribution < -0.4 is 16.0 Å². The van der Waals surface area contributed by atoms with Crippen LogP contribution in [0.1, 0.15) is 29.9 Å². The van der Waals surface area contributed by atoms with E-state index in [1.165, 1.54) is 12.1 Å². The molecule has 0 bridgehead atoms. The minimum absolute atomic E-state index is 0.0352. The smallest absolute Gasteiger partial charge is 0.407 e. The summed E-state index contributed by atoms with van der Waals surface area (Å²) in [5.74, 6) is -1.86. The Bertz CT molecular complexity index is 1780. The lowest BCUT2D eigenvalue weighted by atomic mass is 9.98. The van der Waals surface area contributed by atoms with Crippen molar-refractivity contribution in [1.82, 2.24) is 10.6 Å². The zero-order valence-corrected chi connectivity index (χ0v) is 24.3. The predicted octanol–water partition coefficient (Wildman–Crippen LogP) is 4.39. The molecule has 44 heavy (non-hydrogen) atoms. The maximum Gasteiger partial charge on any atom is 0.407 e. The SMILES string of the molecule is O=C(CC[C@H](NC(=O)OCC1c2ccccc2-c2ccccc21)C(=O)O)NCCNc1cccc2c(S(=O)(=O)O)cccc12. The average Bonchev–Trinajstić information content (AvgIpc) is 3.33. The van der Waals surface area contributed by atoms with Gasteiger partial charge in [0.15, 0.2) is 0 Å². The van der Waals surface area contributed by atoms with Crippen LogP contribution in [0, 0.1) is 0 Å². The topological polar surface area (TPSA) is 171 Å². The molecule has 4 aromatic rings. The molecule has 0 saturated heterocycles. The van der Waals surface area contributed by atoms with Crippen molar-refractivity contribution >= 4 is 44.5 Å². The van der Waals surface area contributed by atoms with Gasteiger partial charge in [0.05, 0.1) is 0 Å². The van der Waals surface area contributed by atoms with E-state index in [0.717, 1.165) is 22.3 Å². The highest BCUT2D eigenvalue weighted by Gasteiger charge is 2.30. The molecule has 0 fully saturated rings. The second-order valence-electron chi connectivity index (χ2n) is 10.3. The number of alkyl carbamates (subject to hydrolysis) is 1. The first kappa shape index (κ1) is 30.5. The second-order valence-corrected chi connectivity index (χ2v) is 11.7. The molecule has 0 heterocycles. The van der Waals surface area contributed by atoms with Gasteiger partial charge in [-0.15, -0.1) is 0 Å². The molecule has 0 spiro atoms. The third-order valence-corrected chi connectivity index (χ3v) is 8.43. The molecular weight excluding hydrogens is 586 g/mol. The number of anilines is 1. The molecule has 2 amide bonds. The zero-order valence-electron chi connectivity index (χ0n) is 23.5. The summed E-state index contributed by atoms with van der Waals surface area (Å²) < 4.78 is 38.3. The van der Waals surface area contributed by atoms with E-state index >= 15 is 0 Å². The molecule has 1 aliphatic carbocycles. The van der Waals surface area contributed by atoms with Crippen molar-refractivity contribution in [2.75, 3.05) is 25.0 Å². The van der Waals surface area contributed by atoms with Gasteiger partial charge in [-0.1, -0.05) is 72.8 Å². The number of ether oxygens (including phenoxy) is 1. The number of hydrogen-bond donors (Lipinski definition) is 5. The summed E-state index contributed by atoms with van der Waals surface area (Å²) in [5, 5.41) is 18.7. The van der Waals surface area contributed by atoms with E-state index in [1.54, 1.807) is 24.3 Å². The van der Waals surface area contributed by atoms with E-state index in [1.807, 2.05) is 48.5 Å². The van der Waals surface area contributed by atoms with Crippen molar-refractivity contribution in [3.05, 3.63) is 96.1 Å². The standard InChI is InChI=1S/C32H31N3O8S/c36-30(34-18-17-33-27-13-5-12-25-24(27)11-6-14-29(25)44(40,41)42)16-15-28(31(37)38)35-32(39)43-19-26-22-9-3-1-7-20(22)21-8-2-4-10-23(21)26/h1-14,26,28,33H,15-19H2,(H,34,36)(H,35,39)(H,37,38)(H,40,41,42)/t28-/m0/s1. The van der Waals surface area contributed by atoms with Gasteiger partial charge < -0.3 is 25.8 Å². The van der Waals surface area contributed by atoms with E-state index in [4.69, 9.17) is 4.74 Å². The lowest BCUT2D eigenvalue weighted by Crippen LogP contribution is -2.42. The van der Waals surface area contributed by atoms with E-state index < -0.39 is 34.1 Å². The van der Waals surface area contributed by atoms with E-state index in [-0.39, 0.29) is 36.8 Å². The summed E-state index contributed by atoms with van der Waals surface area (Å²) in [6, 6.07) is 23.9. The van der Waals surface area contributed by atoms with Gasteiger partial charge in [0, 0.05) is 41.9 Å². The maximum atomic E-state index is 12.5. The Hall–Kier alpha value is -4.94. The molecule has 1 aliphatic rings. The van der Waals surface area contributed by atoms with Crippen LogP contribution in [0.15, 0.2) is 89.8 Å². The molecule has 5 rings (SSSR count). The molecule has 12 heteroatoms. The van der Waals surface area contributed by atoms with Crippen LogP contribution in [0.2, 0.25) is 0 Å². The molecule has 5 N–H and O–H groups in total. The number of amides is 2. The summed E-state index contributed by atoms with van der Waals surface area (Å²) in [4.78, 5) is 36.5. The highest BCUT2D eigenvalue weighted by atomic mass is 32.2. The normalized spacial score (nSPS) is 13.0. The van der Waals surface area contributed by atoms with Gasteiger partial charge in [-0.3, -0.25) is 9.35 Å². The molecule has 11 nitrogen and oxygen atoms in total. The molecule has 0 saturated carbocycles. The fourth-order valence-electron chi connectivity index (χ4n) is 5.46. The monoisotopic (exact) mass is 617 g/mol. The number of carbonyl (C=O) groups is 3. The molecule has 1 atom stereocenters. The molecule has 4 aromatic carbocycles. The number of hydrogen-bond acceptors (Lipinski definition) is 7. The lowest BCUT2D eigenvalue weighted by Gasteiger charge is -2.17. The number of nitrogens with one attached hydrogen (secondary N) is 3. The Morgan fingerprint density at radius 1 is 0.818 bits per heavy atom. The minimum Gasteiger partial charge on any atom is -0.480 e. The quantitative estimate of drug-likeness (QED) is 0.114. The van der Waals surface area contributed by atoms with E-state index in [2.05, 4.69) is 16.0 Å². The average molecular weight is 618 g/mol. The number of carbonyl (C=O) groups excluding carboxylic acids is 2. The van der Waals surface area contributed by atoms with Crippen LogP contribution in [0.4, 0.5) is 10.5 Å². The predicted molar refractivity (Wildman–Crippen MR) is 164 cm³/mol. The third kappa shape index (κ3) is 6.82. The van der Waals surface area contributed by atoms with Gasteiger partial charge in [-0.05, 0) is 40.8 Å². The number of fused-ring (bicyclic) bond motifs is 4. The molecule has 228 valence electrons. The fourth-order valence-corrected chi connectivity index (χ4v) is 6.17. The Labute approximate surface area is 254 Å². The number of carboxylic acid groups (broad SMARTS) is 1. The third-order valence-electron chi connectivity index (χ3n) is 7.52. The van der Waals surface area contributed by atoms with Crippen molar-refractivity contribution in [3.63, 3.8) is 0 Å². The fraction of sp³-hybridized carbons (Fsp3) is 0.219. The molecule has 0 unspecified atom stereocenters. The lowest BCUT2D eigenvalue weighted by molar-refractivity contribution is -0.139.